The molecule has 0 spiro atoms. The van der Waals surface area contributed by atoms with Gasteiger partial charge in [0, 0.05) is 34.7 Å². The first kappa shape index (κ1) is 83.4. The molecule has 0 atom stereocenters. The van der Waals surface area contributed by atoms with Crippen molar-refractivity contribution >= 4 is 169 Å². The number of halogens is 2. The average Bonchev–Trinajstić information content (AvgIpc) is 1.62. The molecule has 12 aromatic heterocycles. The molecule has 630 valence electrons. The maximum Gasteiger partial charge on any atom is 0.329 e. The Bertz CT molecular complexity index is 8250. The SMILES string of the molecule is CCn1c(Sc2nc3c(c(=O)[nH]c(=O)n3C)n2Cc2ccccc2)nc2ccccc21.Cc1ccc2nc(Sc3nc4c(c(=O)[nH]c(=O)n4C)n3Cc3ccccc3)[nH]c2c1.Cn1c(=O)[nH]c(=O)c2c1nc(Sc1nc3cc(Cl)c(Cl)cc3[nH]1)n2Cc1ccccc1.Cn1c(=O)[nH]c(=O)c2c1nc(Sc1nc3ccc(S(=O)(=O)O)cc3[nH]1)n2Cc1ccccc1. The van der Waals surface area contributed by atoms with Gasteiger partial charge in [-0.25, -0.2) is 59.0 Å². The first-order valence-corrected chi connectivity index (χ1v) is 43.5. The van der Waals surface area contributed by atoms with Crippen LogP contribution in [0.1, 0.15) is 34.7 Å². The molecule has 20 rings (SSSR count). The third-order valence-corrected chi connectivity index (χ3v) is 25.4. The summed E-state index contributed by atoms with van der Waals surface area (Å²) in [5, 5.41) is 5.35. The Balaban J connectivity index is 0.000000118. The highest BCUT2D eigenvalue weighted by molar-refractivity contribution is 7.99. The van der Waals surface area contributed by atoms with Crippen LogP contribution < -0.4 is 45.0 Å². The van der Waals surface area contributed by atoms with Crippen LogP contribution in [0.15, 0.2) is 279 Å². The summed E-state index contributed by atoms with van der Waals surface area (Å²) in [6.45, 7) is 6.47. The van der Waals surface area contributed by atoms with Gasteiger partial charge in [0.25, 0.3) is 32.4 Å². The lowest BCUT2D eigenvalue weighted by atomic mass is 10.2. The first-order chi connectivity index (χ1) is 60.2. The standard InChI is InChI=1S/C22H20N6O2S.C21H18N6O2S.C20H14Cl2N6O2S.C20H16N6O5S2/c1-3-27-16-12-8-7-11-15(16)23-21(27)31-22-24-18-17(19(29)25-20(30)26(18)2)28(22)13-14-9-5-4-6-10-14;1-12-8-9-14-15(10-12)23-19(22-14)30-21-24-17-16(18(28)25-20(29)26(17)2)27(21)11-13-6-4-3-5-7-13;1-27-16-15(17(29)26-19(27)30)28(9-10-5-3-2-4-6-10)20(25-16)31-18-23-13-7-11(21)12(22)8-14(13)24-18;1-25-16-15(17(27)24-19(25)28)26(10-11-5-3-2-4-6-11)20(23-16)32-18-21-13-8-7-12(33(29,30)31)9-14(13)22-18/h4-12H,3,13H2,1-2H3,(H,25,29,30);3-10H,11H2,1-2H3,(H,22,23)(H,25,28,29);2-8H,9H2,1H3,(H,23,24)(H,26,29,30);2-9H,10H2,1H3,(H,21,22)(H,24,27,28)(H,29,30,31). The van der Waals surface area contributed by atoms with Gasteiger partial charge < -0.3 is 37.8 Å². The van der Waals surface area contributed by atoms with E-state index in [0.29, 0.717) is 122 Å². The molecule has 0 radical (unpaired) electrons. The van der Waals surface area contributed by atoms with Gasteiger partial charge in [-0.2, -0.15) is 8.42 Å². The monoisotopic (exact) mass is 1810 g/mol. The second-order valence-electron chi connectivity index (χ2n) is 28.4. The summed E-state index contributed by atoms with van der Waals surface area (Å²) >= 11 is 17.3. The van der Waals surface area contributed by atoms with Crippen molar-refractivity contribution in [2.24, 2.45) is 28.2 Å². The van der Waals surface area contributed by atoms with Gasteiger partial charge in [0.05, 0.1) is 85.3 Å². The zero-order chi connectivity index (χ0) is 87.4. The fraction of sp³-hybridized carbons (Fsp3) is 0.133. The Morgan fingerprint density at radius 1 is 0.344 bits per heavy atom. The van der Waals surface area contributed by atoms with Crippen LogP contribution in [-0.2, 0) is 71.0 Å². The molecular weight excluding hydrogens is 1740 g/mol. The van der Waals surface area contributed by atoms with Crippen molar-refractivity contribution in [3.05, 3.63) is 315 Å². The summed E-state index contributed by atoms with van der Waals surface area (Å²) in [4.78, 5) is 155. The zero-order valence-electron chi connectivity index (χ0n) is 66.4. The molecule has 0 saturated heterocycles. The Morgan fingerprint density at radius 3 is 1.04 bits per heavy atom. The van der Waals surface area contributed by atoms with Crippen LogP contribution in [0.2, 0.25) is 10.0 Å². The zero-order valence-corrected chi connectivity index (χ0v) is 72.0. The van der Waals surface area contributed by atoms with Crippen molar-refractivity contribution < 1.29 is 13.0 Å². The number of fused-ring (bicyclic) bond motifs is 8. The lowest BCUT2D eigenvalue weighted by Gasteiger charge is -2.09. The summed E-state index contributed by atoms with van der Waals surface area (Å²) in [7, 11) is 1.94. The maximum atomic E-state index is 12.7. The van der Waals surface area contributed by atoms with Gasteiger partial charge in [0.1, 0.15) is 0 Å². The molecule has 125 heavy (non-hydrogen) atoms. The number of nitrogens with zero attached hydrogens (tertiary/aromatic N) is 17. The van der Waals surface area contributed by atoms with Crippen LogP contribution in [0.3, 0.4) is 0 Å². The number of aromatic nitrogens is 24. The molecule has 8 N–H and O–H groups in total. The van der Waals surface area contributed by atoms with Gasteiger partial charge in [-0.3, -0.25) is 61.9 Å². The lowest BCUT2D eigenvalue weighted by molar-refractivity contribution is 0.483. The van der Waals surface area contributed by atoms with Crippen molar-refractivity contribution in [3.63, 3.8) is 0 Å². The highest BCUT2D eigenvalue weighted by atomic mass is 35.5. The van der Waals surface area contributed by atoms with E-state index in [9.17, 15) is 51.3 Å². The summed E-state index contributed by atoms with van der Waals surface area (Å²) in [5.41, 5.74) is 9.62. The quantitative estimate of drug-likeness (QED) is 0.0370. The van der Waals surface area contributed by atoms with Crippen LogP contribution in [0.5, 0.6) is 0 Å². The van der Waals surface area contributed by atoms with Crippen molar-refractivity contribution in [2.75, 3.05) is 0 Å². The molecule has 0 unspecified atom stereocenters. The number of hydrogen-bond donors (Lipinski definition) is 8. The normalized spacial score (nSPS) is 11.7. The summed E-state index contributed by atoms with van der Waals surface area (Å²) in [5.74, 6) is 0. The van der Waals surface area contributed by atoms with Crippen LogP contribution in [-0.4, -0.2) is 129 Å². The van der Waals surface area contributed by atoms with E-state index >= 15 is 0 Å². The van der Waals surface area contributed by atoms with E-state index in [1.165, 1.54) is 78.8 Å². The molecule has 0 aliphatic rings. The topological polar surface area (TPSA) is 449 Å². The number of aryl methyl sites for hydroxylation is 6. The van der Waals surface area contributed by atoms with Gasteiger partial charge >= 0.3 is 22.8 Å². The molecule has 8 aromatic carbocycles. The van der Waals surface area contributed by atoms with Crippen molar-refractivity contribution in [3.8, 4) is 0 Å². The third-order valence-electron chi connectivity index (χ3n) is 20.2. The van der Waals surface area contributed by atoms with Gasteiger partial charge in [-0.1, -0.05) is 163 Å². The van der Waals surface area contributed by atoms with E-state index < -0.39 is 55.1 Å². The minimum Gasteiger partial charge on any atom is -0.333 e. The average molecular weight is 1810 g/mol. The van der Waals surface area contributed by atoms with Gasteiger partial charge in [-0.05, 0) is 143 Å². The summed E-state index contributed by atoms with van der Waals surface area (Å²) < 4.78 is 46.7. The smallest absolute Gasteiger partial charge is 0.329 e. The molecule has 42 heteroatoms. The van der Waals surface area contributed by atoms with E-state index in [1.54, 1.807) is 42.4 Å². The number of imidazole rings is 8. The number of H-pyrrole nitrogens is 7. The van der Waals surface area contributed by atoms with E-state index in [1.807, 2.05) is 180 Å². The van der Waals surface area contributed by atoms with Crippen molar-refractivity contribution in [1.29, 1.82) is 0 Å². The molecular formula is C83H68Cl2N24O11S5. The Kier molecular flexibility index (Phi) is 23.0. The predicted octanol–water partition coefficient (Wildman–Crippen LogP) is 11.4. The number of nitrogens with one attached hydrogen (secondary N) is 7. The minimum atomic E-state index is -4.36. The van der Waals surface area contributed by atoms with E-state index in [-0.39, 0.29) is 16.1 Å². The van der Waals surface area contributed by atoms with Crippen molar-refractivity contribution in [2.45, 2.75) is 92.7 Å². The summed E-state index contributed by atoms with van der Waals surface area (Å²) in [6, 6.07) is 60.2. The molecule has 12 heterocycles. The number of benzene rings is 8. The number of hydrogen-bond acceptors (Lipinski definition) is 22. The van der Waals surface area contributed by atoms with E-state index in [0.717, 1.165) is 78.9 Å². The molecule has 0 aliphatic carbocycles. The van der Waals surface area contributed by atoms with E-state index in [4.69, 9.17) is 28.2 Å². The molecule has 20 aromatic rings. The fourth-order valence-electron chi connectivity index (χ4n) is 14.0. The molecule has 35 nitrogen and oxygen atoms in total. The lowest BCUT2D eigenvalue weighted by Crippen LogP contribution is -2.29. The molecule has 0 amide bonds. The third kappa shape index (κ3) is 17.0. The summed E-state index contributed by atoms with van der Waals surface area (Å²) in [6.07, 6.45) is 0. The van der Waals surface area contributed by atoms with Gasteiger partial charge in [0.2, 0.25) is 0 Å². The maximum absolute atomic E-state index is 12.7. The Labute approximate surface area is 729 Å². The highest BCUT2D eigenvalue weighted by Crippen LogP contribution is 2.37. The fourth-order valence-corrected chi connectivity index (χ4v) is 18.5. The number of para-hydroxylation sites is 2. The second-order valence-corrected chi connectivity index (χ2v) is 34.5. The highest BCUT2D eigenvalue weighted by Gasteiger charge is 2.27. The van der Waals surface area contributed by atoms with E-state index in [2.05, 4.69) is 81.3 Å². The van der Waals surface area contributed by atoms with Gasteiger partial charge in [0.15, 0.2) is 85.9 Å². The van der Waals surface area contributed by atoms with Gasteiger partial charge in [-0.15, -0.1) is 0 Å². The Hall–Kier alpha value is -13.9. The molecule has 0 fully saturated rings. The van der Waals surface area contributed by atoms with Crippen LogP contribution in [0.25, 0.3) is 88.8 Å². The number of rotatable bonds is 18. The largest absolute Gasteiger partial charge is 0.333 e. The van der Waals surface area contributed by atoms with Crippen LogP contribution in [0, 0.1) is 6.92 Å². The minimum absolute atomic E-state index is 0.229. The molecule has 0 bridgehead atoms. The number of aromatic amines is 7. The molecule has 0 saturated carbocycles. The predicted molar refractivity (Wildman–Crippen MR) is 479 cm³/mol. The first-order valence-electron chi connectivity index (χ1n) is 38.1. The Morgan fingerprint density at radius 2 is 0.664 bits per heavy atom. The molecule has 0 aliphatic heterocycles. The van der Waals surface area contributed by atoms with Crippen LogP contribution >= 0.6 is 70.2 Å². The van der Waals surface area contributed by atoms with Crippen LogP contribution in [0.4, 0.5) is 0 Å². The second kappa shape index (κ2) is 34.4. The van der Waals surface area contributed by atoms with Crippen molar-refractivity contribution in [1.82, 2.24) is 116 Å².